The maximum Gasteiger partial charge on any atom is 0.303 e. The monoisotopic (exact) mass is 417 g/mol. The fourth-order valence-electron chi connectivity index (χ4n) is 3.07. The van der Waals surface area contributed by atoms with Crippen molar-refractivity contribution < 1.29 is 19.4 Å². The summed E-state index contributed by atoms with van der Waals surface area (Å²) < 4.78 is 6.08. The molecule has 0 unspecified atom stereocenters. The van der Waals surface area contributed by atoms with Crippen LogP contribution in [0.1, 0.15) is 68.5 Å². The molecular formula is C23H28ClNO4. The Hall–Kier alpha value is -2.40. The standard InChI is InChI=1S/C23H28ClNO4/c1-4-17-9-11-21(25-14-17)16(3)29-22-13-19(10-8-15(2)26)18(12-20(22)24)6-5-7-23(27)28/h9,11-14,16H,4-8,10H2,1-3H3,(H,27,28)/t16-/m1/s1. The summed E-state index contributed by atoms with van der Waals surface area (Å²) in [4.78, 5) is 26.7. The van der Waals surface area contributed by atoms with E-state index in [-0.39, 0.29) is 18.3 Å². The summed E-state index contributed by atoms with van der Waals surface area (Å²) in [7, 11) is 0. The van der Waals surface area contributed by atoms with Gasteiger partial charge in [-0.15, -0.1) is 0 Å². The van der Waals surface area contributed by atoms with Crippen molar-refractivity contribution in [2.24, 2.45) is 0 Å². The third-order valence-electron chi connectivity index (χ3n) is 4.81. The first-order valence-electron chi connectivity index (χ1n) is 9.94. The van der Waals surface area contributed by atoms with Crippen molar-refractivity contribution in [1.82, 2.24) is 4.98 Å². The van der Waals surface area contributed by atoms with Crippen LogP contribution < -0.4 is 4.74 Å². The van der Waals surface area contributed by atoms with Gasteiger partial charge >= 0.3 is 5.97 Å². The number of aryl methyl sites for hydroxylation is 3. The van der Waals surface area contributed by atoms with Crippen LogP contribution >= 0.6 is 11.6 Å². The Morgan fingerprint density at radius 3 is 2.48 bits per heavy atom. The Balaban J connectivity index is 2.21. The van der Waals surface area contributed by atoms with Gasteiger partial charge in [0, 0.05) is 19.0 Å². The predicted octanol–water partition coefficient (Wildman–Crippen LogP) is 5.37. The number of hydrogen-bond acceptors (Lipinski definition) is 4. The maximum absolute atomic E-state index is 11.5. The second-order valence-corrected chi connectivity index (χ2v) is 7.61. The van der Waals surface area contributed by atoms with Crippen LogP contribution in [0.4, 0.5) is 0 Å². The number of ether oxygens (including phenoxy) is 1. The van der Waals surface area contributed by atoms with Crippen molar-refractivity contribution >= 4 is 23.4 Å². The molecule has 5 nitrogen and oxygen atoms in total. The lowest BCUT2D eigenvalue weighted by Gasteiger charge is -2.18. The number of halogens is 1. The largest absolute Gasteiger partial charge is 0.483 e. The number of carboxylic acid groups (broad SMARTS) is 1. The van der Waals surface area contributed by atoms with Crippen LogP contribution in [-0.4, -0.2) is 21.8 Å². The van der Waals surface area contributed by atoms with Gasteiger partial charge in [0.05, 0.1) is 10.7 Å². The second kappa shape index (κ2) is 11.0. The van der Waals surface area contributed by atoms with E-state index in [0.717, 1.165) is 28.8 Å². The molecule has 0 aliphatic heterocycles. The SMILES string of the molecule is CCc1ccc([C@@H](C)Oc2cc(CCC(C)=O)c(CCCC(=O)O)cc2Cl)nc1. The molecule has 2 rings (SSSR count). The minimum Gasteiger partial charge on any atom is -0.483 e. The quantitative estimate of drug-likeness (QED) is 0.532. The van der Waals surface area contributed by atoms with E-state index in [1.54, 1.807) is 6.92 Å². The van der Waals surface area contributed by atoms with Crippen molar-refractivity contribution in [2.45, 2.75) is 65.4 Å². The zero-order chi connectivity index (χ0) is 21.4. The van der Waals surface area contributed by atoms with Gasteiger partial charge in [0.1, 0.15) is 17.6 Å². The van der Waals surface area contributed by atoms with Gasteiger partial charge in [-0.05, 0) is 74.4 Å². The van der Waals surface area contributed by atoms with Crippen LogP contribution in [-0.2, 0) is 28.9 Å². The number of Topliss-reactive ketones (excluding diaryl/α,β-unsaturated/α-hetero) is 1. The van der Waals surface area contributed by atoms with Gasteiger partial charge in [-0.3, -0.25) is 9.78 Å². The summed E-state index contributed by atoms with van der Waals surface area (Å²) in [6, 6.07) is 7.69. The number of benzene rings is 1. The first kappa shape index (κ1) is 22.9. The number of pyridine rings is 1. The van der Waals surface area contributed by atoms with Gasteiger partial charge < -0.3 is 14.6 Å². The molecule has 0 fully saturated rings. The number of aromatic nitrogens is 1. The maximum atomic E-state index is 11.5. The van der Waals surface area contributed by atoms with Crippen molar-refractivity contribution in [3.05, 3.63) is 57.9 Å². The highest BCUT2D eigenvalue weighted by molar-refractivity contribution is 6.32. The van der Waals surface area contributed by atoms with Crippen LogP contribution in [0.2, 0.25) is 5.02 Å². The van der Waals surface area contributed by atoms with Crippen molar-refractivity contribution in [3.63, 3.8) is 0 Å². The molecular weight excluding hydrogens is 390 g/mol. The van der Waals surface area contributed by atoms with Gasteiger partial charge in [0.2, 0.25) is 0 Å². The minimum absolute atomic E-state index is 0.0957. The summed E-state index contributed by atoms with van der Waals surface area (Å²) in [5.41, 5.74) is 3.90. The number of carbonyl (C=O) groups is 2. The van der Waals surface area contributed by atoms with Gasteiger partial charge in [-0.25, -0.2) is 0 Å². The van der Waals surface area contributed by atoms with Gasteiger partial charge in [-0.1, -0.05) is 24.6 Å². The molecule has 1 atom stereocenters. The van der Waals surface area contributed by atoms with Gasteiger partial charge in [0.15, 0.2) is 0 Å². The normalized spacial score (nSPS) is 11.9. The predicted molar refractivity (Wildman–Crippen MR) is 114 cm³/mol. The molecule has 6 heteroatoms. The molecule has 29 heavy (non-hydrogen) atoms. The number of hydrogen-bond donors (Lipinski definition) is 1. The molecule has 156 valence electrons. The summed E-state index contributed by atoms with van der Waals surface area (Å²) in [6.07, 6.45) is 4.69. The number of aliphatic carboxylic acids is 1. The van der Waals surface area contributed by atoms with E-state index in [1.807, 2.05) is 37.4 Å². The summed E-state index contributed by atoms with van der Waals surface area (Å²) >= 11 is 6.46. The molecule has 0 radical (unpaired) electrons. The van der Waals surface area contributed by atoms with E-state index in [2.05, 4.69) is 11.9 Å². The molecule has 0 bridgehead atoms. The Morgan fingerprint density at radius 1 is 1.17 bits per heavy atom. The van der Waals surface area contributed by atoms with E-state index >= 15 is 0 Å². The molecule has 0 aliphatic carbocycles. The number of carboxylic acids is 1. The lowest BCUT2D eigenvalue weighted by molar-refractivity contribution is -0.137. The number of rotatable bonds is 11. The molecule has 1 N–H and O–H groups in total. The van der Waals surface area contributed by atoms with Gasteiger partial charge in [-0.2, -0.15) is 0 Å². The molecule has 1 heterocycles. The summed E-state index contributed by atoms with van der Waals surface area (Å²) in [5.74, 6) is -0.176. The Morgan fingerprint density at radius 2 is 1.90 bits per heavy atom. The molecule has 0 spiro atoms. The van der Waals surface area contributed by atoms with E-state index in [4.69, 9.17) is 21.4 Å². The molecule has 1 aromatic carbocycles. The third kappa shape index (κ3) is 7.17. The van der Waals surface area contributed by atoms with Gasteiger partial charge in [0.25, 0.3) is 0 Å². The topological polar surface area (TPSA) is 76.5 Å². The summed E-state index contributed by atoms with van der Waals surface area (Å²) in [5, 5.41) is 9.35. The van der Waals surface area contributed by atoms with Crippen LogP contribution in [0.15, 0.2) is 30.5 Å². The van der Waals surface area contributed by atoms with Crippen LogP contribution in [0.3, 0.4) is 0 Å². The van der Waals surface area contributed by atoms with Crippen LogP contribution in [0.5, 0.6) is 5.75 Å². The molecule has 0 aliphatic rings. The Bertz CT molecular complexity index is 849. The molecule has 0 amide bonds. The Kier molecular flexibility index (Phi) is 8.65. The fraction of sp³-hybridized carbons (Fsp3) is 0.435. The smallest absolute Gasteiger partial charge is 0.303 e. The fourth-order valence-corrected chi connectivity index (χ4v) is 3.30. The first-order chi connectivity index (χ1) is 13.8. The highest BCUT2D eigenvalue weighted by atomic mass is 35.5. The average molecular weight is 418 g/mol. The van der Waals surface area contributed by atoms with Crippen molar-refractivity contribution in [2.75, 3.05) is 0 Å². The Labute approximate surface area is 177 Å². The zero-order valence-corrected chi connectivity index (χ0v) is 18.0. The summed E-state index contributed by atoms with van der Waals surface area (Å²) in [6.45, 7) is 5.56. The van der Waals surface area contributed by atoms with E-state index in [0.29, 0.717) is 36.5 Å². The molecule has 1 aromatic heterocycles. The van der Waals surface area contributed by atoms with E-state index in [9.17, 15) is 9.59 Å². The van der Waals surface area contributed by atoms with E-state index in [1.165, 1.54) is 0 Å². The average Bonchev–Trinajstić information content (AvgIpc) is 2.68. The number of carbonyl (C=O) groups excluding carboxylic acids is 1. The lowest BCUT2D eigenvalue weighted by atomic mass is 9.97. The number of ketones is 1. The first-order valence-corrected chi connectivity index (χ1v) is 10.3. The van der Waals surface area contributed by atoms with Crippen LogP contribution in [0.25, 0.3) is 0 Å². The molecule has 0 saturated carbocycles. The highest BCUT2D eigenvalue weighted by Gasteiger charge is 2.15. The third-order valence-corrected chi connectivity index (χ3v) is 5.11. The van der Waals surface area contributed by atoms with Crippen LogP contribution in [0, 0.1) is 0 Å². The second-order valence-electron chi connectivity index (χ2n) is 7.21. The zero-order valence-electron chi connectivity index (χ0n) is 17.2. The number of nitrogens with zero attached hydrogens (tertiary/aromatic N) is 1. The van der Waals surface area contributed by atoms with Crippen molar-refractivity contribution in [3.8, 4) is 5.75 Å². The molecule has 0 saturated heterocycles. The molecule has 2 aromatic rings. The minimum atomic E-state index is -0.822. The lowest BCUT2D eigenvalue weighted by Crippen LogP contribution is -2.07. The van der Waals surface area contributed by atoms with Crippen molar-refractivity contribution in [1.29, 1.82) is 0 Å². The van der Waals surface area contributed by atoms with E-state index < -0.39 is 5.97 Å². The highest BCUT2D eigenvalue weighted by Crippen LogP contribution is 2.33.